The Morgan fingerprint density at radius 2 is 1.81 bits per heavy atom. The summed E-state index contributed by atoms with van der Waals surface area (Å²) >= 11 is 0. The third-order valence-electron chi connectivity index (χ3n) is 5.48. The predicted octanol–water partition coefficient (Wildman–Crippen LogP) is 2.16. The summed E-state index contributed by atoms with van der Waals surface area (Å²) in [6.07, 6.45) is -3.82. The van der Waals surface area contributed by atoms with Crippen LogP contribution in [0.25, 0.3) is 0 Å². The molecule has 3 rings (SSSR count). The zero-order valence-electron chi connectivity index (χ0n) is 16.3. The van der Waals surface area contributed by atoms with Crippen molar-refractivity contribution in [2.24, 2.45) is 0 Å². The van der Waals surface area contributed by atoms with Crippen molar-refractivity contribution >= 4 is 23.8 Å². The highest BCUT2D eigenvalue weighted by Crippen LogP contribution is 2.33. The smallest absolute Gasteiger partial charge is 0.385 e. The number of imide groups is 1. The summed E-state index contributed by atoms with van der Waals surface area (Å²) in [6.45, 7) is 0.161. The maximum Gasteiger partial charge on any atom is 0.491 e. The van der Waals surface area contributed by atoms with E-state index in [-0.39, 0.29) is 18.2 Å². The van der Waals surface area contributed by atoms with Gasteiger partial charge in [0.25, 0.3) is 0 Å². The molecule has 2 fully saturated rings. The molecule has 1 aromatic carbocycles. The van der Waals surface area contributed by atoms with Gasteiger partial charge < -0.3 is 4.74 Å². The summed E-state index contributed by atoms with van der Waals surface area (Å²) in [5.74, 6) is -5.88. The standard InChI is InChI=1S/C20H20F4N2O5/c21-15-9-12(14-3-4-16(27)25-18(14)29)1-2-13(15)11-5-7-26(8-6-11)10-17(28)31-19(30)20(22,23)24/h1-2,9,11,14H,3-8,10H2,(H,25,27,29). The minimum absolute atomic E-state index is 0.167. The molecule has 2 amide bonds. The van der Waals surface area contributed by atoms with Crippen LogP contribution in [-0.4, -0.2) is 54.5 Å². The molecular weight excluding hydrogens is 424 g/mol. The molecule has 1 unspecified atom stereocenters. The van der Waals surface area contributed by atoms with Gasteiger partial charge in [-0.2, -0.15) is 13.2 Å². The van der Waals surface area contributed by atoms with Gasteiger partial charge in [0.1, 0.15) is 5.82 Å². The Labute approximate surface area is 174 Å². The molecule has 0 saturated carbocycles. The number of likely N-dealkylation sites (tertiary alicyclic amines) is 1. The SMILES string of the molecule is O=C1CCC(c2ccc(C3CCN(CC(=O)OC(=O)C(F)(F)F)CC3)c(F)c2)C(=O)N1. The number of benzene rings is 1. The molecule has 2 saturated heterocycles. The molecule has 0 aliphatic carbocycles. The van der Waals surface area contributed by atoms with E-state index in [1.807, 2.05) is 0 Å². The lowest BCUT2D eigenvalue weighted by Gasteiger charge is -2.31. The lowest BCUT2D eigenvalue weighted by Crippen LogP contribution is -2.39. The molecule has 0 spiro atoms. The summed E-state index contributed by atoms with van der Waals surface area (Å²) in [5.41, 5.74) is 0.936. The molecule has 0 aromatic heterocycles. The van der Waals surface area contributed by atoms with Gasteiger partial charge in [-0.1, -0.05) is 12.1 Å². The number of ether oxygens (including phenoxy) is 1. The van der Waals surface area contributed by atoms with E-state index in [0.29, 0.717) is 43.5 Å². The van der Waals surface area contributed by atoms with Crippen LogP contribution < -0.4 is 5.32 Å². The number of rotatable bonds is 4. The number of hydrogen-bond acceptors (Lipinski definition) is 6. The van der Waals surface area contributed by atoms with Gasteiger partial charge in [0.05, 0.1) is 12.5 Å². The second-order valence-corrected chi connectivity index (χ2v) is 7.59. The van der Waals surface area contributed by atoms with Crippen LogP contribution in [-0.2, 0) is 23.9 Å². The Hall–Kier alpha value is -2.82. The lowest BCUT2D eigenvalue weighted by molar-refractivity contribution is -0.202. The zero-order valence-corrected chi connectivity index (χ0v) is 16.3. The van der Waals surface area contributed by atoms with Crippen molar-refractivity contribution in [3.05, 3.63) is 35.1 Å². The van der Waals surface area contributed by atoms with E-state index in [2.05, 4.69) is 10.1 Å². The Kier molecular flexibility index (Phi) is 6.73. The summed E-state index contributed by atoms with van der Waals surface area (Å²) in [4.78, 5) is 47.0. The van der Waals surface area contributed by atoms with E-state index >= 15 is 0 Å². The van der Waals surface area contributed by atoms with E-state index in [1.54, 1.807) is 12.1 Å². The van der Waals surface area contributed by atoms with E-state index in [4.69, 9.17) is 0 Å². The molecule has 2 aliphatic heterocycles. The van der Waals surface area contributed by atoms with Crippen LogP contribution in [0.15, 0.2) is 18.2 Å². The third-order valence-corrected chi connectivity index (χ3v) is 5.48. The molecule has 168 valence electrons. The quantitative estimate of drug-likeness (QED) is 0.331. The van der Waals surface area contributed by atoms with Crippen LogP contribution in [0.4, 0.5) is 17.6 Å². The summed E-state index contributed by atoms with van der Waals surface area (Å²) < 4.78 is 54.9. The third kappa shape index (κ3) is 5.66. The van der Waals surface area contributed by atoms with Gasteiger partial charge in [-0.05, 0) is 55.5 Å². The van der Waals surface area contributed by atoms with Crippen LogP contribution in [0.1, 0.15) is 48.6 Å². The first-order chi connectivity index (χ1) is 14.5. The second kappa shape index (κ2) is 9.13. The van der Waals surface area contributed by atoms with Crippen molar-refractivity contribution in [3.63, 3.8) is 0 Å². The van der Waals surface area contributed by atoms with Gasteiger partial charge >= 0.3 is 18.1 Å². The van der Waals surface area contributed by atoms with Crippen molar-refractivity contribution in [3.8, 4) is 0 Å². The molecule has 2 heterocycles. The number of esters is 2. The van der Waals surface area contributed by atoms with Gasteiger partial charge in [-0.25, -0.2) is 9.18 Å². The van der Waals surface area contributed by atoms with Crippen molar-refractivity contribution in [2.45, 2.75) is 43.7 Å². The molecular formula is C20H20F4N2O5. The van der Waals surface area contributed by atoms with Crippen LogP contribution in [0.3, 0.4) is 0 Å². The van der Waals surface area contributed by atoms with Gasteiger partial charge in [0, 0.05) is 6.42 Å². The Morgan fingerprint density at radius 1 is 1.13 bits per heavy atom. The molecule has 2 aliphatic rings. The molecule has 1 N–H and O–H groups in total. The van der Waals surface area contributed by atoms with Gasteiger partial charge in [0.2, 0.25) is 11.8 Å². The highest BCUT2D eigenvalue weighted by molar-refractivity contribution is 6.00. The fourth-order valence-electron chi connectivity index (χ4n) is 3.88. The molecule has 7 nitrogen and oxygen atoms in total. The number of carbonyl (C=O) groups is 4. The maximum atomic E-state index is 14.7. The molecule has 0 bridgehead atoms. The van der Waals surface area contributed by atoms with E-state index < -0.39 is 42.3 Å². The Bertz CT molecular complexity index is 894. The van der Waals surface area contributed by atoms with E-state index in [0.717, 1.165) is 0 Å². The van der Waals surface area contributed by atoms with Gasteiger partial charge in [-0.15, -0.1) is 0 Å². The summed E-state index contributed by atoms with van der Waals surface area (Å²) in [7, 11) is 0. The fourth-order valence-corrected chi connectivity index (χ4v) is 3.88. The van der Waals surface area contributed by atoms with Crippen molar-refractivity contribution in [1.29, 1.82) is 0 Å². The fraction of sp³-hybridized carbons (Fsp3) is 0.500. The highest BCUT2D eigenvalue weighted by Gasteiger charge is 2.42. The number of nitrogens with one attached hydrogen (secondary N) is 1. The Balaban J connectivity index is 1.55. The van der Waals surface area contributed by atoms with Crippen molar-refractivity contribution < 1.29 is 41.5 Å². The first kappa shape index (κ1) is 22.9. The Morgan fingerprint density at radius 3 is 2.39 bits per heavy atom. The minimum Gasteiger partial charge on any atom is -0.385 e. The van der Waals surface area contributed by atoms with Crippen LogP contribution in [0.5, 0.6) is 0 Å². The molecule has 1 aromatic rings. The molecule has 0 radical (unpaired) electrons. The number of halogens is 4. The van der Waals surface area contributed by atoms with Crippen molar-refractivity contribution in [1.82, 2.24) is 10.2 Å². The molecule has 31 heavy (non-hydrogen) atoms. The van der Waals surface area contributed by atoms with Crippen molar-refractivity contribution in [2.75, 3.05) is 19.6 Å². The van der Waals surface area contributed by atoms with Gasteiger partial charge in [-0.3, -0.25) is 24.6 Å². The number of carbonyl (C=O) groups excluding carboxylic acids is 4. The van der Waals surface area contributed by atoms with Crippen LogP contribution in [0.2, 0.25) is 0 Å². The predicted molar refractivity (Wildman–Crippen MR) is 97.1 cm³/mol. The largest absolute Gasteiger partial charge is 0.491 e. The summed E-state index contributed by atoms with van der Waals surface area (Å²) in [6, 6.07) is 4.55. The van der Waals surface area contributed by atoms with Crippen LogP contribution in [0, 0.1) is 5.82 Å². The number of nitrogens with zero attached hydrogens (tertiary/aromatic N) is 1. The lowest BCUT2D eigenvalue weighted by atomic mass is 9.85. The zero-order chi connectivity index (χ0) is 22.8. The normalized spacial score (nSPS) is 21.0. The summed E-state index contributed by atoms with van der Waals surface area (Å²) in [5, 5.41) is 2.24. The second-order valence-electron chi connectivity index (χ2n) is 7.59. The average molecular weight is 444 g/mol. The van der Waals surface area contributed by atoms with Crippen LogP contribution >= 0.6 is 0 Å². The minimum atomic E-state index is -5.24. The molecule has 1 atom stereocenters. The van der Waals surface area contributed by atoms with E-state index in [9.17, 15) is 36.7 Å². The molecule has 11 heteroatoms. The topological polar surface area (TPSA) is 92.8 Å². The van der Waals surface area contributed by atoms with Gasteiger partial charge in [0.15, 0.2) is 0 Å². The first-order valence-electron chi connectivity index (χ1n) is 9.72. The number of amides is 2. The monoisotopic (exact) mass is 444 g/mol. The average Bonchev–Trinajstić information content (AvgIpc) is 2.68. The highest BCUT2D eigenvalue weighted by atomic mass is 19.4. The number of hydrogen-bond donors (Lipinski definition) is 1. The first-order valence-corrected chi connectivity index (χ1v) is 9.72. The number of piperidine rings is 2. The number of alkyl halides is 3. The maximum absolute atomic E-state index is 14.7. The van der Waals surface area contributed by atoms with E-state index in [1.165, 1.54) is 11.0 Å².